The second kappa shape index (κ2) is 4.01. The van der Waals surface area contributed by atoms with Crippen molar-refractivity contribution in [1.82, 2.24) is 0 Å². The molecule has 1 aliphatic rings. The molecule has 0 heterocycles. The molecule has 0 amide bonds. The van der Waals surface area contributed by atoms with Crippen molar-refractivity contribution in [2.24, 2.45) is 11.7 Å². The zero-order valence-corrected chi connectivity index (χ0v) is 8.32. The quantitative estimate of drug-likeness (QED) is 0.765. The predicted octanol–water partition coefficient (Wildman–Crippen LogP) is 2.06. The topological polar surface area (TPSA) is 46.2 Å². The molecule has 2 nitrogen and oxygen atoms in total. The number of benzene rings is 1. The number of aromatic hydroxyl groups is 1. The first-order chi connectivity index (χ1) is 6.74. The second-order valence-corrected chi connectivity index (χ2v) is 4.31. The molecular weight excluding hydrogens is 174 g/mol. The van der Waals surface area contributed by atoms with Crippen LogP contribution in [0, 0.1) is 5.92 Å². The minimum atomic E-state index is 0.254. The van der Waals surface area contributed by atoms with Gasteiger partial charge in [-0.1, -0.05) is 25.0 Å². The van der Waals surface area contributed by atoms with Crippen LogP contribution in [-0.4, -0.2) is 11.1 Å². The van der Waals surface area contributed by atoms with Gasteiger partial charge >= 0.3 is 0 Å². The van der Waals surface area contributed by atoms with Gasteiger partial charge in [0.1, 0.15) is 5.75 Å². The Balaban J connectivity index is 1.88. The van der Waals surface area contributed by atoms with E-state index in [-0.39, 0.29) is 6.04 Å². The molecule has 76 valence electrons. The normalized spacial score (nSPS) is 18.1. The van der Waals surface area contributed by atoms with Gasteiger partial charge in [0.15, 0.2) is 0 Å². The van der Waals surface area contributed by atoms with E-state index in [0.717, 1.165) is 24.3 Å². The summed E-state index contributed by atoms with van der Waals surface area (Å²) in [5.41, 5.74) is 7.15. The lowest BCUT2D eigenvalue weighted by atomic mass is 10.0. The molecule has 1 fully saturated rings. The van der Waals surface area contributed by atoms with Crippen LogP contribution in [0.3, 0.4) is 0 Å². The predicted molar refractivity (Wildman–Crippen MR) is 57.1 cm³/mol. The monoisotopic (exact) mass is 191 g/mol. The van der Waals surface area contributed by atoms with Crippen molar-refractivity contribution in [3.63, 3.8) is 0 Å². The van der Waals surface area contributed by atoms with Gasteiger partial charge in [0.25, 0.3) is 0 Å². The van der Waals surface area contributed by atoms with Crippen LogP contribution < -0.4 is 5.73 Å². The van der Waals surface area contributed by atoms with E-state index in [2.05, 4.69) is 0 Å². The summed E-state index contributed by atoms with van der Waals surface area (Å²) in [5, 5.41) is 9.28. The van der Waals surface area contributed by atoms with Crippen LogP contribution in [0.15, 0.2) is 24.3 Å². The van der Waals surface area contributed by atoms with E-state index in [9.17, 15) is 5.11 Å². The molecule has 1 aliphatic carbocycles. The van der Waals surface area contributed by atoms with Gasteiger partial charge in [-0.25, -0.2) is 0 Å². The number of phenolic OH excluding ortho intramolecular Hbond substituents is 1. The smallest absolute Gasteiger partial charge is 0.115 e. The van der Waals surface area contributed by atoms with Crippen LogP contribution in [-0.2, 0) is 6.42 Å². The number of hydrogen-bond acceptors (Lipinski definition) is 2. The third kappa shape index (κ3) is 2.74. The molecule has 1 atom stereocenters. The van der Waals surface area contributed by atoms with Crippen LogP contribution in [0.2, 0.25) is 0 Å². The summed E-state index contributed by atoms with van der Waals surface area (Å²) >= 11 is 0. The van der Waals surface area contributed by atoms with Gasteiger partial charge in [-0.05, 0) is 36.5 Å². The van der Waals surface area contributed by atoms with Crippen molar-refractivity contribution in [3.05, 3.63) is 29.8 Å². The first kappa shape index (κ1) is 9.53. The number of hydrogen-bond donors (Lipinski definition) is 2. The Labute approximate surface area is 84.7 Å². The number of rotatable bonds is 4. The zero-order chi connectivity index (χ0) is 9.97. The van der Waals surface area contributed by atoms with Crippen LogP contribution in [0.25, 0.3) is 0 Å². The lowest BCUT2D eigenvalue weighted by molar-refractivity contribution is 0.473. The van der Waals surface area contributed by atoms with E-state index in [1.807, 2.05) is 12.1 Å². The Morgan fingerprint density at radius 3 is 2.86 bits per heavy atom. The Morgan fingerprint density at radius 2 is 2.21 bits per heavy atom. The highest BCUT2D eigenvalue weighted by Gasteiger charge is 2.23. The van der Waals surface area contributed by atoms with Crippen LogP contribution in [0.5, 0.6) is 5.75 Å². The standard InChI is InChI=1S/C12H17NO/c13-11(6-9-4-5-9)7-10-2-1-3-12(14)8-10/h1-3,8-9,11,14H,4-7,13H2. The molecule has 1 aromatic rings. The van der Waals surface area contributed by atoms with E-state index < -0.39 is 0 Å². The largest absolute Gasteiger partial charge is 0.508 e. The van der Waals surface area contributed by atoms with Crippen molar-refractivity contribution < 1.29 is 5.11 Å². The van der Waals surface area contributed by atoms with Gasteiger partial charge in [0.05, 0.1) is 0 Å². The summed E-state index contributed by atoms with van der Waals surface area (Å²) in [6.07, 6.45) is 4.72. The zero-order valence-electron chi connectivity index (χ0n) is 8.32. The van der Waals surface area contributed by atoms with Crippen LogP contribution in [0.1, 0.15) is 24.8 Å². The van der Waals surface area contributed by atoms with Gasteiger partial charge in [0.2, 0.25) is 0 Å². The van der Waals surface area contributed by atoms with Crippen molar-refractivity contribution in [2.45, 2.75) is 31.7 Å². The Bertz CT molecular complexity index is 307. The molecule has 3 N–H and O–H groups in total. The molecule has 1 aromatic carbocycles. The first-order valence-corrected chi connectivity index (χ1v) is 5.27. The summed E-state index contributed by atoms with van der Waals surface area (Å²) < 4.78 is 0. The van der Waals surface area contributed by atoms with Gasteiger partial charge in [-0.2, -0.15) is 0 Å². The van der Waals surface area contributed by atoms with Gasteiger partial charge in [-0.15, -0.1) is 0 Å². The van der Waals surface area contributed by atoms with Gasteiger partial charge in [0, 0.05) is 6.04 Å². The van der Waals surface area contributed by atoms with Gasteiger partial charge in [-0.3, -0.25) is 0 Å². The maximum absolute atomic E-state index is 9.28. The summed E-state index contributed by atoms with van der Waals surface area (Å²) in [6.45, 7) is 0. The summed E-state index contributed by atoms with van der Waals surface area (Å²) in [7, 11) is 0. The Morgan fingerprint density at radius 1 is 1.43 bits per heavy atom. The first-order valence-electron chi connectivity index (χ1n) is 5.27. The Hall–Kier alpha value is -1.02. The molecule has 0 saturated heterocycles. The average molecular weight is 191 g/mol. The Kier molecular flexibility index (Phi) is 2.73. The van der Waals surface area contributed by atoms with Crippen molar-refractivity contribution >= 4 is 0 Å². The van der Waals surface area contributed by atoms with E-state index in [1.165, 1.54) is 12.8 Å². The fourth-order valence-electron chi connectivity index (χ4n) is 1.85. The molecule has 2 rings (SSSR count). The molecule has 2 heteroatoms. The van der Waals surface area contributed by atoms with E-state index in [0.29, 0.717) is 5.75 Å². The number of nitrogens with two attached hydrogens (primary N) is 1. The fraction of sp³-hybridized carbons (Fsp3) is 0.500. The molecule has 0 spiro atoms. The van der Waals surface area contributed by atoms with Crippen LogP contribution >= 0.6 is 0 Å². The summed E-state index contributed by atoms with van der Waals surface area (Å²) in [6, 6.07) is 7.63. The maximum atomic E-state index is 9.28. The molecule has 14 heavy (non-hydrogen) atoms. The van der Waals surface area contributed by atoms with Crippen molar-refractivity contribution in [2.75, 3.05) is 0 Å². The minimum absolute atomic E-state index is 0.254. The van der Waals surface area contributed by atoms with E-state index in [1.54, 1.807) is 12.1 Å². The molecule has 1 unspecified atom stereocenters. The lowest BCUT2D eigenvalue weighted by Crippen LogP contribution is -2.23. The highest BCUT2D eigenvalue weighted by atomic mass is 16.3. The van der Waals surface area contributed by atoms with E-state index >= 15 is 0 Å². The van der Waals surface area contributed by atoms with Crippen molar-refractivity contribution in [1.29, 1.82) is 0 Å². The minimum Gasteiger partial charge on any atom is -0.508 e. The summed E-state index contributed by atoms with van der Waals surface area (Å²) in [5.74, 6) is 1.21. The maximum Gasteiger partial charge on any atom is 0.115 e. The van der Waals surface area contributed by atoms with Crippen molar-refractivity contribution in [3.8, 4) is 5.75 Å². The molecule has 0 aliphatic heterocycles. The fourth-order valence-corrected chi connectivity index (χ4v) is 1.85. The highest BCUT2D eigenvalue weighted by Crippen LogP contribution is 2.33. The van der Waals surface area contributed by atoms with E-state index in [4.69, 9.17) is 5.73 Å². The molecule has 0 aromatic heterocycles. The molecular formula is C12H17NO. The second-order valence-electron chi connectivity index (χ2n) is 4.31. The molecule has 1 saturated carbocycles. The third-order valence-corrected chi connectivity index (χ3v) is 2.74. The lowest BCUT2D eigenvalue weighted by Gasteiger charge is -2.10. The number of phenols is 1. The van der Waals surface area contributed by atoms with Crippen LogP contribution in [0.4, 0.5) is 0 Å². The van der Waals surface area contributed by atoms with Gasteiger partial charge < -0.3 is 10.8 Å². The summed E-state index contributed by atoms with van der Waals surface area (Å²) in [4.78, 5) is 0. The highest BCUT2D eigenvalue weighted by molar-refractivity contribution is 5.27. The average Bonchev–Trinajstić information content (AvgIpc) is 2.87. The SMILES string of the molecule is NC(Cc1cccc(O)c1)CC1CC1. The molecule has 0 radical (unpaired) electrons. The third-order valence-electron chi connectivity index (χ3n) is 2.74. The molecule has 0 bridgehead atoms.